The van der Waals surface area contributed by atoms with Crippen LogP contribution in [0.4, 0.5) is 0 Å². The predicted octanol–water partition coefficient (Wildman–Crippen LogP) is -1.36. The van der Waals surface area contributed by atoms with Gasteiger partial charge in [-0.05, 0) is 12.8 Å². The van der Waals surface area contributed by atoms with E-state index in [1.165, 1.54) is 0 Å². The van der Waals surface area contributed by atoms with Crippen molar-refractivity contribution in [3.05, 3.63) is 0 Å². The Labute approximate surface area is 78.4 Å². The van der Waals surface area contributed by atoms with Crippen LogP contribution < -0.4 is 10.5 Å². The Morgan fingerprint density at radius 1 is 1.46 bits per heavy atom. The molecule has 1 saturated carbocycles. The molecule has 0 aliphatic heterocycles. The zero-order valence-corrected chi connectivity index (χ0v) is 8.31. The average Bonchev–Trinajstić information content (AvgIpc) is 2.78. The molecule has 1 aliphatic carbocycles. The molecule has 0 aromatic rings. The fraction of sp³-hybridized carbons (Fsp3) is 1.00. The first-order valence-corrected chi connectivity index (χ1v) is 6.01. The molecule has 78 valence electrons. The topological polar surface area (TPSA) is 92.4 Å². The number of hydrogen-bond acceptors (Lipinski definition) is 4. The summed E-state index contributed by atoms with van der Waals surface area (Å²) in [7, 11) is -3.35. The minimum atomic E-state index is -3.35. The van der Waals surface area contributed by atoms with Crippen molar-refractivity contribution in [1.29, 1.82) is 0 Å². The average molecular weight is 208 g/mol. The van der Waals surface area contributed by atoms with E-state index in [1.54, 1.807) is 0 Å². The van der Waals surface area contributed by atoms with Crippen LogP contribution in [0.25, 0.3) is 0 Å². The van der Waals surface area contributed by atoms with Gasteiger partial charge in [0.25, 0.3) is 0 Å². The smallest absolute Gasteiger partial charge is 0.210 e. The van der Waals surface area contributed by atoms with Gasteiger partial charge in [0, 0.05) is 25.1 Å². The molecule has 0 aromatic carbocycles. The number of hydrogen-bond donors (Lipinski definition) is 3. The van der Waals surface area contributed by atoms with E-state index in [0.29, 0.717) is 13.1 Å². The third kappa shape index (κ3) is 4.04. The van der Waals surface area contributed by atoms with Crippen LogP contribution in [0.3, 0.4) is 0 Å². The van der Waals surface area contributed by atoms with Crippen molar-refractivity contribution in [3.63, 3.8) is 0 Å². The SMILES string of the molecule is NS(=O)(=O)CCNCC1(CO)CC1. The van der Waals surface area contributed by atoms with Crippen LogP contribution in [0.5, 0.6) is 0 Å². The Bertz CT molecular complexity index is 259. The normalized spacial score (nSPS) is 20.2. The second-order valence-electron chi connectivity index (χ2n) is 3.70. The predicted molar refractivity (Wildman–Crippen MR) is 49.6 cm³/mol. The number of rotatable bonds is 6. The van der Waals surface area contributed by atoms with E-state index in [0.717, 1.165) is 12.8 Å². The van der Waals surface area contributed by atoms with Gasteiger partial charge in [-0.3, -0.25) is 0 Å². The van der Waals surface area contributed by atoms with E-state index >= 15 is 0 Å². The summed E-state index contributed by atoms with van der Waals surface area (Å²) in [5.74, 6) is -0.0471. The zero-order chi connectivity index (χ0) is 9.95. The lowest BCUT2D eigenvalue weighted by molar-refractivity contribution is 0.208. The molecule has 4 N–H and O–H groups in total. The molecule has 0 heterocycles. The van der Waals surface area contributed by atoms with Crippen LogP contribution in [0, 0.1) is 5.41 Å². The number of nitrogens with one attached hydrogen (secondary N) is 1. The lowest BCUT2D eigenvalue weighted by Crippen LogP contribution is -2.32. The van der Waals surface area contributed by atoms with Gasteiger partial charge in [0.05, 0.1) is 5.75 Å². The molecule has 1 aliphatic rings. The van der Waals surface area contributed by atoms with E-state index < -0.39 is 10.0 Å². The fourth-order valence-corrected chi connectivity index (χ4v) is 1.56. The highest BCUT2D eigenvalue weighted by Crippen LogP contribution is 2.44. The van der Waals surface area contributed by atoms with E-state index in [1.807, 2.05) is 0 Å². The van der Waals surface area contributed by atoms with Crippen molar-refractivity contribution >= 4 is 10.0 Å². The van der Waals surface area contributed by atoms with Crippen molar-refractivity contribution in [2.45, 2.75) is 12.8 Å². The molecule has 0 bridgehead atoms. The van der Waals surface area contributed by atoms with Crippen molar-refractivity contribution in [2.24, 2.45) is 10.6 Å². The van der Waals surface area contributed by atoms with Crippen molar-refractivity contribution in [1.82, 2.24) is 5.32 Å². The van der Waals surface area contributed by atoms with Crippen molar-refractivity contribution < 1.29 is 13.5 Å². The Balaban J connectivity index is 2.08. The Morgan fingerprint density at radius 3 is 2.46 bits per heavy atom. The summed E-state index contributed by atoms with van der Waals surface area (Å²) < 4.78 is 21.1. The van der Waals surface area contributed by atoms with Crippen LogP contribution in [-0.4, -0.2) is 39.0 Å². The van der Waals surface area contributed by atoms with Crippen LogP contribution in [0.15, 0.2) is 0 Å². The van der Waals surface area contributed by atoms with Gasteiger partial charge in [-0.1, -0.05) is 0 Å². The molecule has 5 nitrogen and oxygen atoms in total. The summed E-state index contributed by atoms with van der Waals surface area (Å²) >= 11 is 0. The number of primary sulfonamides is 1. The first-order chi connectivity index (χ1) is 5.97. The van der Waals surface area contributed by atoms with Gasteiger partial charge < -0.3 is 10.4 Å². The molecular weight excluding hydrogens is 192 g/mol. The summed E-state index contributed by atoms with van der Waals surface area (Å²) in [4.78, 5) is 0. The molecule has 0 spiro atoms. The first kappa shape index (κ1) is 10.9. The molecule has 0 saturated heterocycles. The lowest BCUT2D eigenvalue weighted by atomic mass is 10.1. The minimum absolute atomic E-state index is 0.0262. The minimum Gasteiger partial charge on any atom is -0.396 e. The second kappa shape index (κ2) is 3.91. The van der Waals surface area contributed by atoms with Crippen LogP contribution in [-0.2, 0) is 10.0 Å². The maximum Gasteiger partial charge on any atom is 0.210 e. The molecule has 6 heteroatoms. The van der Waals surface area contributed by atoms with Gasteiger partial charge in [-0.2, -0.15) is 0 Å². The van der Waals surface area contributed by atoms with Gasteiger partial charge in [0.15, 0.2) is 0 Å². The van der Waals surface area contributed by atoms with Gasteiger partial charge in [-0.15, -0.1) is 0 Å². The Hall–Kier alpha value is -0.170. The molecule has 0 radical (unpaired) electrons. The quantitative estimate of drug-likeness (QED) is 0.470. The van der Waals surface area contributed by atoms with E-state index in [9.17, 15) is 8.42 Å². The van der Waals surface area contributed by atoms with Gasteiger partial charge in [0.1, 0.15) is 0 Å². The summed E-state index contributed by atoms with van der Waals surface area (Å²) in [6, 6.07) is 0. The third-order valence-electron chi connectivity index (χ3n) is 2.36. The molecule has 1 fully saturated rings. The maximum atomic E-state index is 10.5. The Morgan fingerprint density at radius 2 is 2.08 bits per heavy atom. The molecule has 13 heavy (non-hydrogen) atoms. The van der Waals surface area contributed by atoms with Crippen molar-refractivity contribution in [2.75, 3.05) is 25.4 Å². The summed E-state index contributed by atoms with van der Waals surface area (Å²) in [5, 5.41) is 16.7. The number of sulfonamides is 1. The highest BCUT2D eigenvalue weighted by Gasteiger charge is 2.41. The third-order valence-corrected chi connectivity index (χ3v) is 3.13. The molecule has 0 aromatic heterocycles. The van der Waals surface area contributed by atoms with Crippen molar-refractivity contribution in [3.8, 4) is 0 Å². The summed E-state index contributed by atoms with van der Waals surface area (Å²) in [6.07, 6.45) is 2.04. The molecule has 0 amide bonds. The molecular formula is C7H16N2O3S. The molecule has 0 unspecified atom stereocenters. The number of aliphatic hydroxyl groups is 1. The summed E-state index contributed by atoms with van der Waals surface area (Å²) in [5.41, 5.74) is 0.0262. The number of aliphatic hydroxyl groups excluding tert-OH is 1. The highest BCUT2D eigenvalue weighted by molar-refractivity contribution is 7.89. The van der Waals surface area contributed by atoms with Gasteiger partial charge in [-0.25, -0.2) is 13.6 Å². The van der Waals surface area contributed by atoms with E-state index in [2.05, 4.69) is 5.32 Å². The van der Waals surface area contributed by atoms with Gasteiger partial charge >= 0.3 is 0 Å². The van der Waals surface area contributed by atoms with E-state index in [-0.39, 0.29) is 17.8 Å². The van der Waals surface area contributed by atoms with Gasteiger partial charge in [0.2, 0.25) is 10.0 Å². The Kier molecular flexibility index (Phi) is 3.28. The van der Waals surface area contributed by atoms with Crippen LogP contribution in [0.2, 0.25) is 0 Å². The standard InChI is InChI=1S/C7H16N2O3S/c8-13(11,12)4-3-9-5-7(6-10)1-2-7/h9-10H,1-6H2,(H2,8,11,12). The van der Waals surface area contributed by atoms with Crippen LogP contribution in [0.1, 0.15) is 12.8 Å². The monoisotopic (exact) mass is 208 g/mol. The fourth-order valence-electron chi connectivity index (χ4n) is 1.14. The largest absolute Gasteiger partial charge is 0.396 e. The van der Waals surface area contributed by atoms with E-state index in [4.69, 9.17) is 10.2 Å². The van der Waals surface area contributed by atoms with Crippen LogP contribution >= 0.6 is 0 Å². The summed E-state index contributed by atoms with van der Waals surface area (Å²) in [6.45, 7) is 1.22. The lowest BCUT2D eigenvalue weighted by Gasteiger charge is -2.11. The maximum absolute atomic E-state index is 10.5. The zero-order valence-electron chi connectivity index (χ0n) is 7.49. The second-order valence-corrected chi connectivity index (χ2v) is 5.44. The number of nitrogens with two attached hydrogens (primary N) is 1. The molecule has 1 rings (SSSR count). The highest BCUT2D eigenvalue weighted by atomic mass is 32.2. The first-order valence-electron chi connectivity index (χ1n) is 4.30. The molecule has 0 atom stereocenters.